The minimum Gasteiger partial charge on any atom is -0.497 e. The summed E-state index contributed by atoms with van der Waals surface area (Å²) in [5, 5.41) is 17.4. The van der Waals surface area contributed by atoms with Crippen LogP contribution in [0.15, 0.2) is 36.4 Å². The van der Waals surface area contributed by atoms with Gasteiger partial charge in [-0.15, -0.1) is 0 Å². The molecule has 1 atom stereocenters. The SMILES string of the molecule is COc1ccc(OC)c(C(C)NC(=S)Nc2ccc([N+](=O)[O-])cc2OC)c1. The van der Waals surface area contributed by atoms with E-state index in [-0.39, 0.29) is 11.7 Å². The maximum absolute atomic E-state index is 10.9. The smallest absolute Gasteiger partial charge is 0.273 e. The topological polar surface area (TPSA) is 94.9 Å². The molecule has 2 N–H and O–H groups in total. The minimum absolute atomic E-state index is 0.0641. The highest BCUT2D eigenvalue weighted by atomic mass is 32.1. The molecule has 0 aliphatic carbocycles. The van der Waals surface area contributed by atoms with Crippen LogP contribution in [0.3, 0.4) is 0 Å². The molecule has 2 aromatic carbocycles. The van der Waals surface area contributed by atoms with Gasteiger partial charge in [0.05, 0.1) is 44.0 Å². The standard InChI is InChI=1S/C18H21N3O5S/c1-11(14-10-13(24-2)6-8-16(14)25-3)19-18(27)20-15-7-5-12(21(22)23)9-17(15)26-4/h5-11H,1-4H3,(H2,19,20,27). The number of non-ortho nitro benzene ring substituents is 1. The third kappa shape index (κ3) is 4.98. The Labute approximate surface area is 162 Å². The summed E-state index contributed by atoms with van der Waals surface area (Å²) in [5.41, 5.74) is 1.33. The number of nitrogens with one attached hydrogen (secondary N) is 2. The molecule has 8 nitrogen and oxygen atoms in total. The highest BCUT2D eigenvalue weighted by molar-refractivity contribution is 7.80. The first-order valence-corrected chi connectivity index (χ1v) is 8.42. The van der Waals surface area contributed by atoms with Gasteiger partial charge in [-0.3, -0.25) is 10.1 Å². The normalized spacial score (nSPS) is 11.3. The van der Waals surface area contributed by atoms with E-state index in [9.17, 15) is 10.1 Å². The van der Waals surface area contributed by atoms with Crippen LogP contribution in [0, 0.1) is 10.1 Å². The predicted molar refractivity (Wildman–Crippen MR) is 107 cm³/mol. The number of hydrogen-bond donors (Lipinski definition) is 2. The molecule has 0 bridgehead atoms. The number of hydrogen-bond acceptors (Lipinski definition) is 6. The summed E-state index contributed by atoms with van der Waals surface area (Å²) in [6.45, 7) is 1.93. The van der Waals surface area contributed by atoms with Crippen LogP contribution in [0.1, 0.15) is 18.5 Å². The van der Waals surface area contributed by atoms with Crippen molar-refractivity contribution in [2.24, 2.45) is 0 Å². The molecule has 0 saturated heterocycles. The van der Waals surface area contributed by atoms with Crippen molar-refractivity contribution in [2.75, 3.05) is 26.6 Å². The van der Waals surface area contributed by atoms with Gasteiger partial charge in [-0.05, 0) is 43.4 Å². The van der Waals surface area contributed by atoms with Crippen LogP contribution in [0.2, 0.25) is 0 Å². The number of rotatable bonds is 7. The van der Waals surface area contributed by atoms with Crippen molar-refractivity contribution in [3.8, 4) is 17.2 Å². The van der Waals surface area contributed by atoms with E-state index in [1.807, 2.05) is 25.1 Å². The molecule has 144 valence electrons. The van der Waals surface area contributed by atoms with Gasteiger partial charge < -0.3 is 24.8 Å². The zero-order chi connectivity index (χ0) is 20.0. The largest absolute Gasteiger partial charge is 0.497 e. The van der Waals surface area contributed by atoms with Gasteiger partial charge in [-0.2, -0.15) is 0 Å². The Kier molecular flexibility index (Phi) is 6.78. The number of nitrogens with zero attached hydrogens (tertiary/aromatic N) is 1. The fourth-order valence-corrected chi connectivity index (χ4v) is 2.79. The third-order valence-corrected chi connectivity index (χ3v) is 4.12. The molecule has 2 rings (SSSR count). The molecular formula is C18H21N3O5S. The molecule has 0 aliphatic heterocycles. The average molecular weight is 391 g/mol. The number of nitro benzene ring substituents is 1. The van der Waals surface area contributed by atoms with E-state index in [1.54, 1.807) is 20.3 Å². The Morgan fingerprint density at radius 2 is 1.78 bits per heavy atom. The summed E-state index contributed by atoms with van der Waals surface area (Å²) in [6, 6.07) is 9.57. The van der Waals surface area contributed by atoms with Crippen LogP contribution in [-0.4, -0.2) is 31.4 Å². The molecule has 0 amide bonds. The molecule has 0 spiro atoms. The molecule has 0 fully saturated rings. The van der Waals surface area contributed by atoms with Gasteiger partial charge in [-0.25, -0.2) is 0 Å². The average Bonchev–Trinajstić information content (AvgIpc) is 2.67. The van der Waals surface area contributed by atoms with E-state index in [1.165, 1.54) is 19.2 Å². The minimum atomic E-state index is -0.486. The van der Waals surface area contributed by atoms with Gasteiger partial charge >= 0.3 is 0 Å². The lowest BCUT2D eigenvalue weighted by molar-refractivity contribution is -0.384. The van der Waals surface area contributed by atoms with E-state index >= 15 is 0 Å². The van der Waals surface area contributed by atoms with Crippen LogP contribution in [-0.2, 0) is 0 Å². The van der Waals surface area contributed by atoms with Crippen molar-refractivity contribution in [1.82, 2.24) is 5.32 Å². The molecule has 0 aromatic heterocycles. The van der Waals surface area contributed by atoms with Gasteiger partial charge in [0.15, 0.2) is 5.11 Å². The predicted octanol–water partition coefficient (Wildman–Crippen LogP) is 3.67. The summed E-state index contributed by atoms with van der Waals surface area (Å²) in [4.78, 5) is 10.4. The van der Waals surface area contributed by atoms with Gasteiger partial charge in [0.2, 0.25) is 0 Å². The zero-order valence-corrected chi connectivity index (χ0v) is 16.3. The molecule has 0 aliphatic rings. The summed E-state index contributed by atoms with van der Waals surface area (Å²) < 4.78 is 15.9. The maximum atomic E-state index is 10.9. The molecule has 27 heavy (non-hydrogen) atoms. The first kappa shape index (κ1) is 20.2. The number of nitro groups is 1. The fraction of sp³-hybridized carbons (Fsp3) is 0.278. The number of thiocarbonyl (C=S) groups is 1. The van der Waals surface area contributed by atoms with E-state index in [0.717, 1.165) is 5.56 Å². The Morgan fingerprint density at radius 1 is 1.07 bits per heavy atom. The molecule has 0 radical (unpaired) electrons. The lowest BCUT2D eigenvalue weighted by Gasteiger charge is -2.20. The first-order valence-electron chi connectivity index (χ1n) is 8.01. The zero-order valence-electron chi connectivity index (χ0n) is 15.4. The van der Waals surface area contributed by atoms with Crippen molar-refractivity contribution in [3.63, 3.8) is 0 Å². The Balaban J connectivity index is 2.15. The molecule has 2 aromatic rings. The third-order valence-electron chi connectivity index (χ3n) is 3.90. The van der Waals surface area contributed by atoms with E-state index in [0.29, 0.717) is 28.0 Å². The van der Waals surface area contributed by atoms with Crippen LogP contribution >= 0.6 is 12.2 Å². The molecule has 1 unspecified atom stereocenters. The Morgan fingerprint density at radius 3 is 2.37 bits per heavy atom. The first-order chi connectivity index (χ1) is 12.9. The van der Waals surface area contributed by atoms with Crippen LogP contribution in [0.25, 0.3) is 0 Å². The van der Waals surface area contributed by atoms with Crippen molar-refractivity contribution in [2.45, 2.75) is 13.0 Å². The lowest BCUT2D eigenvalue weighted by atomic mass is 10.1. The fourth-order valence-electron chi connectivity index (χ4n) is 2.51. The summed E-state index contributed by atoms with van der Waals surface area (Å²) in [7, 11) is 4.62. The Bertz CT molecular complexity index is 844. The van der Waals surface area contributed by atoms with Crippen molar-refractivity contribution in [3.05, 3.63) is 52.1 Å². The molecule has 0 saturated carbocycles. The van der Waals surface area contributed by atoms with Gasteiger partial charge in [-0.1, -0.05) is 0 Å². The number of methoxy groups -OCH3 is 3. The van der Waals surface area contributed by atoms with Crippen molar-refractivity contribution >= 4 is 28.7 Å². The van der Waals surface area contributed by atoms with E-state index in [4.69, 9.17) is 26.4 Å². The Hall–Kier alpha value is -3.07. The van der Waals surface area contributed by atoms with Gasteiger partial charge in [0, 0.05) is 11.6 Å². The molecular weight excluding hydrogens is 370 g/mol. The quantitative estimate of drug-likeness (QED) is 0.419. The highest BCUT2D eigenvalue weighted by Crippen LogP contribution is 2.31. The molecule has 9 heteroatoms. The highest BCUT2D eigenvalue weighted by Gasteiger charge is 2.16. The van der Waals surface area contributed by atoms with Crippen molar-refractivity contribution < 1.29 is 19.1 Å². The van der Waals surface area contributed by atoms with Crippen LogP contribution in [0.5, 0.6) is 17.2 Å². The van der Waals surface area contributed by atoms with Crippen molar-refractivity contribution in [1.29, 1.82) is 0 Å². The monoisotopic (exact) mass is 391 g/mol. The maximum Gasteiger partial charge on any atom is 0.273 e. The second-order valence-corrected chi connectivity index (χ2v) is 5.98. The summed E-state index contributed by atoms with van der Waals surface area (Å²) in [5.74, 6) is 1.72. The van der Waals surface area contributed by atoms with Gasteiger partial charge in [0.1, 0.15) is 17.2 Å². The second-order valence-electron chi connectivity index (χ2n) is 5.57. The van der Waals surface area contributed by atoms with Crippen LogP contribution in [0.4, 0.5) is 11.4 Å². The van der Waals surface area contributed by atoms with Gasteiger partial charge in [0.25, 0.3) is 5.69 Å². The number of anilines is 1. The van der Waals surface area contributed by atoms with E-state index < -0.39 is 4.92 Å². The van der Waals surface area contributed by atoms with E-state index in [2.05, 4.69) is 10.6 Å². The second kappa shape index (κ2) is 9.04. The van der Waals surface area contributed by atoms with Crippen LogP contribution < -0.4 is 24.8 Å². The number of ether oxygens (including phenoxy) is 3. The summed E-state index contributed by atoms with van der Waals surface area (Å²) >= 11 is 5.36. The summed E-state index contributed by atoms with van der Waals surface area (Å²) in [6.07, 6.45) is 0. The lowest BCUT2D eigenvalue weighted by Crippen LogP contribution is -2.31. The number of benzene rings is 2. The molecule has 0 heterocycles.